The average Bonchev–Trinajstić information content (AvgIpc) is 3.67. The smallest absolute Gasteiger partial charge is 0.255 e. The number of rotatable bonds is 17. The minimum atomic E-state index is -0.817. The maximum absolute atomic E-state index is 13.6. The number of amides is 4. The van der Waals surface area contributed by atoms with Crippen molar-refractivity contribution in [2.24, 2.45) is 11.3 Å². The number of halogens is 2. The number of benzene rings is 2. The number of piperidine rings is 1. The highest BCUT2D eigenvalue weighted by molar-refractivity contribution is 6.35. The molecule has 3 fully saturated rings. The van der Waals surface area contributed by atoms with Crippen LogP contribution in [-0.2, 0) is 20.8 Å². The molecule has 3 saturated heterocycles. The molecule has 1 spiro atoms. The first-order valence-electron chi connectivity index (χ1n) is 21.5. The number of aliphatic hydroxyl groups excluding tert-OH is 1. The van der Waals surface area contributed by atoms with Crippen LogP contribution in [0.3, 0.4) is 0 Å². The van der Waals surface area contributed by atoms with Crippen molar-refractivity contribution in [1.82, 2.24) is 35.8 Å². The number of likely N-dealkylation sites (N-methyl/N-ethyl adjacent to an activating group) is 1. The number of nitrogens with zero attached hydrogens (tertiary/aromatic N) is 5. The third-order valence-electron chi connectivity index (χ3n) is 12.7. The maximum Gasteiger partial charge on any atom is 0.255 e. The van der Waals surface area contributed by atoms with E-state index in [0.29, 0.717) is 78.6 Å². The third-order valence-corrected chi connectivity index (χ3v) is 13.3. The second kappa shape index (κ2) is 19.2. The molecular weight excluding hydrogens is 861 g/mol. The van der Waals surface area contributed by atoms with Crippen molar-refractivity contribution in [3.05, 3.63) is 111 Å². The van der Waals surface area contributed by atoms with Crippen LogP contribution in [0.1, 0.15) is 87.7 Å². The molecule has 5 N–H and O–H groups in total. The molecule has 16 nitrogen and oxygen atoms in total. The van der Waals surface area contributed by atoms with E-state index in [4.69, 9.17) is 32.9 Å². The number of aromatic nitrogens is 2. The average molecular weight is 913 g/mol. The number of carbonyl (C=O) groups is 5. The first-order valence-corrected chi connectivity index (χ1v) is 22.2. The Hall–Kier alpha value is -5.65. The van der Waals surface area contributed by atoms with Gasteiger partial charge in [-0.05, 0) is 81.1 Å². The molecule has 6 heterocycles. The fourth-order valence-electron chi connectivity index (χ4n) is 9.32. The van der Waals surface area contributed by atoms with Gasteiger partial charge in [0.05, 0.1) is 27.3 Å². The number of hydrogen-bond donors (Lipinski definition) is 5. The van der Waals surface area contributed by atoms with Gasteiger partial charge in [0.2, 0.25) is 17.7 Å². The van der Waals surface area contributed by atoms with Gasteiger partial charge >= 0.3 is 0 Å². The summed E-state index contributed by atoms with van der Waals surface area (Å²) >= 11 is 12.7. The van der Waals surface area contributed by atoms with Gasteiger partial charge in [-0.15, -0.1) is 0 Å². The van der Waals surface area contributed by atoms with Crippen molar-refractivity contribution < 1.29 is 33.8 Å². The van der Waals surface area contributed by atoms with Crippen LogP contribution >= 0.6 is 23.2 Å². The van der Waals surface area contributed by atoms with Gasteiger partial charge in [0, 0.05) is 92.9 Å². The van der Waals surface area contributed by atoms with E-state index >= 15 is 0 Å². The highest BCUT2D eigenvalue weighted by Gasteiger charge is 2.54. The van der Waals surface area contributed by atoms with Crippen LogP contribution in [0.15, 0.2) is 67.1 Å². The Balaban J connectivity index is 0.796. The summed E-state index contributed by atoms with van der Waals surface area (Å²) in [6.07, 6.45) is 6.86. The van der Waals surface area contributed by atoms with Gasteiger partial charge < -0.3 is 35.3 Å². The zero-order valence-electron chi connectivity index (χ0n) is 35.6. The molecule has 4 aliphatic rings. The van der Waals surface area contributed by atoms with Gasteiger partial charge in [-0.2, -0.15) is 0 Å². The molecule has 0 bridgehead atoms. The van der Waals surface area contributed by atoms with Crippen molar-refractivity contribution in [1.29, 1.82) is 0 Å². The Morgan fingerprint density at radius 1 is 1.05 bits per heavy atom. The van der Waals surface area contributed by atoms with Crippen molar-refractivity contribution >= 4 is 64.6 Å². The molecule has 0 aliphatic carbocycles. The highest BCUT2D eigenvalue weighted by atomic mass is 35.5. The minimum absolute atomic E-state index is 0.0175. The van der Waals surface area contributed by atoms with E-state index in [0.717, 1.165) is 35.7 Å². The molecule has 4 amide bonds. The lowest BCUT2D eigenvalue weighted by molar-refractivity contribution is -0.150. The van der Waals surface area contributed by atoms with Crippen LogP contribution < -0.4 is 31.1 Å². The Bertz CT molecular complexity index is 2400. The van der Waals surface area contributed by atoms with Gasteiger partial charge in [0.25, 0.3) is 5.91 Å². The number of carbonyl (C=O) groups excluding carboxylic acids is 5. The normalized spacial score (nSPS) is 19.5. The Kier molecular flexibility index (Phi) is 13.5. The van der Waals surface area contributed by atoms with Crippen LogP contribution in [0.25, 0.3) is 0 Å². The van der Waals surface area contributed by atoms with E-state index in [1.807, 2.05) is 42.3 Å². The predicted molar refractivity (Wildman–Crippen MR) is 240 cm³/mol. The molecule has 2 aromatic heterocycles. The minimum Gasteiger partial charge on any atom is -0.486 e. The number of hydrazine groups is 1. The van der Waals surface area contributed by atoms with Crippen LogP contribution in [0.5, 0.6) is 5.75 Å². The second-order valence-corrected chi connectivity index (χ2v) is 17.9. The number of fused-ring (bicyclic) bond motifs is 1. The summed E-state index contributed by atoms with van der Waals surface area (Å²) < 4.78 is 6.26. The number of anilines is 2. The van der Waals surface area contributed by atoms with Gasteiger partial charge in [-0.25, -0.2) is 10.4 Å². The molecule has 18 heteroatoms. The van der Waals surface area contributed by atoms with Crippen molar-refractivity contribution in [3.8, 4) is 5.75 Å². The van der Waals surface area contributed by atoms with Crippen molar-refractivity contribution in [3.63, 3.8) is 0 Å². The summed E-state index contributed by atoms with van der Waals surface area (Å²) in [5, 5.41) is 16.4. The molecule has 4 atom stereocenters. The first kappa shape index (κ1) is 44.9. The van der Waals surface area contributed by atoms with E-state index in [2.05, 4.69) is 37.4 Å². The molecule has 64 heavy (non-hydrogen) atoms. The second-order valence-electron chi connectivity index (χ2n) is 17.1. The largest absolute Gasteiger partial charge is 0.486 e. The lowest BCUT2D eigenvalue weighted by Crippen LogP contribution is -2.73. The van der Waals surface area contributed by atoms with E-state index in [9.17, 15) is 29.1 Å². The van der Waals surface area contributed by atoms with Gasteiger partial charge in [-0.1, -0.05) is 47.5 Å². The summed E-state index contributed by atoms with van der Waals surface area (Å²) in [7, 11) is 1.50. The van der Waals surface area contributed by atoms with E-state index < -0.39 is 24.0 Å². The van der Waals surface area contributed by atoms with Crippen LogP contribution in [0.4, 0.5) is 11.5 Å². The maximum atomic E-state index is 13.6. The summed E-state index contributed by atoms with van der Waals surface area (Å²) in [5.74, 6) is -0.132. The predicted octanol–water partition coefficient (Wildman–Crippen LogP) is 4.50. The lowest BCUT2D eigenvalue weighted by Gasteiger charge is -2.61. The molecule has 336 valence electrons. The summed E-state index contributed by atoms with van der Waals surface area (Å²) in [5.41, 5.74) is 11.4. The topological polar surface area (TPSA) is 198 Å². The van der Waals surface area contributed by atoms with E-state index in [1.54, 1.807) is 30.6 Å². The standard InChI is InChI=1S/C46H51Cl2N9O7/c1-27(40-34(47)20-50-21-35(40)48)64-32-7-8-36-33(18-32)42(54-53-36)30-6-10-38(51-19-30)56-23-46(24-56)25-57(26-46)44(62)29(14-17-58)13-16-49-15-12-28-4-3-5-31(22-59)41(28)45(63)55(2)37-9-11-39(60)52-43(37)61/h3-8,10,18-22,27,29,37,42,49,53-54,58H,9,11-17,23-26H2,1-2H3,(H,52,60,61)/t27-,29?,37?,42?/m1/s1. The Morgan fingerprint density at radius 2 is 1.83 bits per heavy atom. The lowest BCUT2D eigenvalue weighted by atomic mass is 9.72. The number of likely N-dealkylation sites (tertiary alicyclic amines) is 1. The van der Waals surface area contributed by atoms with Crippen LogP contribution in [0.2, 0.25) is 10.0 Å². The molecule has 0 radical (unpaired) electrons. The summed E-state index contributed by atoms with van der Waals surface area (Å²) in [6, 6.07) is 14.1. The number of aldehydes is 1. The van der Waals surface area contributed by atoms with Crippen LogP contribution in [-0.4, -0.2) is 114 Å². The number of nitrogens with one attached hydrogen (secondary N) is 4. The molecule has 4 aromatic rings. The first-order chi connectivity index (χ1) is 30.9. The fourth-order valence-corrected chi connectivity index (χ4v) is 9.99. The molecule has 2 aromatic carbocycles. The third kappa shape index (κ3) is 9.29. The zero-order valence-corrected chi connectivity index (χ0v) is 37.1. The Morgan fingerprint density at radius 3 is 2.53 bits per heavy atom. The highest BCUT2D eigenvalue weighted by Crippen LogP contribution is 2.43. The molecule has 3 unspecified atom stereocenters. The van der Waals surface area contributed by atoms with E-state index in [1.165, 1.54) is 11.9 Å². The number of aliphatic hydroxyl groups is 1. The molecule has 4 aliphatic heterocycles. The Labute approximate surface area is 381 Å². The fraction of sp³-hybridized carbons (Fsp3) is 0.413. The SMILES string of the molecule is C[C@@H](Oc1ccc2c(c1)C(c1ccc(N3CC4(CN(C(=O)C(CCO)CCNCCc5cccc(C=O)c5C(=O)N(C)C5CCC(=O)NC5=O)C4)C3)nc1)NN2)c1c(Cl)cncc1Cl. The summed E-state index contributed by atoms with van der Waals surface area (Å²) in [4.78, 5) is 77.6. The van der Waals surface area contributed by atoms with E-state index in [-0.39, 0.29) is 59.8 Å². The number of imide groups is 1. The number of pyridine rings is 2. The van der Waals surface area contributed by atoms with Crippen LogP contribution in [0, 0.1) is 11.3 Å². The van der Waals surface area contributed by atoms with Crippen molar-refractivity contribution in [2.45, 2.75) is 57.2 Å². The van der Waals surface area contributed by atoms with Gasteiger partial charge in [-0.3, -0.25) is 34.3 Å². The monoisotopic (exact) mass is 911 g/mol. The van der Waals surface area contributed by atoms with Gasteiger partial charge in [0.1, 0.15) is 23.7 Å². The quantitative estimate of drug-likeness (QED) is 0.0565. The number of hydrogen-bond acceptors (Lipinski definition) is 13. The molecule has 0 saturated carbocycles. The van der Waals surface area contributed by atoms with Gasteiger partial charge in [0.15, 0.2) is 6.29 Å². The zero-order chi connectivity index (χ0) is 45.1. The molecule has 8 rings (SSSR count). The number of ether oxygens (including phenoxy) is 1. The van der Waals surface area contributed by atoms with Crippen molar-refractivity contribution in [2.75, 3.05) is 63.2 Å². The molecular formula is C46H51Cl2N9O7. The summed E-state index contributed by atoms with van der Waals surface area (Å²) in [6.45, 7) is 5.69.